The van der Waals surface area contributed by atoms with Crippen LogP contribution in [0.2, 0.25) is 0 Å². The number of carbonyl (C=O) groups is 1. The first kappa shape index (κ1) is 11.5. The van der Waals surface area contributed by atoms with Crippen LogP contribution >= 0.6 is 12.2 Å². The molecule has 0 aliphatic heterocycles. The normalized spacial score (nSPS) is 11.9. The maximum absolute atomic E-state index is 12.4. The molecule has 17 heavy (non-hydrogen) atoms. The van der Waals surface area contributed by atoms with E-state index < -0.39 is 28.3 Å². The number of aromatic amines is 2. The highest BCUT2D eigenvalue weighted by Gasteiger charge is 2.35. The van der Waals surface area contributed by atoms with Gasteiger partial charge in [0.1, 0.15) is 11.0 Å². The van der Waals surface area contributed by atoms with Crippen LogP contribution in [0.3, 0.4) is 0 Å². The van der Waals surface area contributed by atoms with Gasteiger partial charge in [-0.15, -0.1) is 0 Å². The van der Waals surface area contributed by atoms with E-state index in [4.69, 9.17) is 5.11 Å². The van der Waals surface area contributed by atoms with E-state index in [-0.39, 0.29) is 11.0 Å². The molecule has 2 aromatic heterocycles. The van der Waals surface area contributed by atoms with Gasteiger partial charge >= 0.3 is 12.1 Å². The van der Waals surface area contributed by atoms with Gasteiger partial charge in [0.25, 0.3) is 0 Å². The van der Waals surface area contributed by atoms with Crippen LogP contribution in [0.15, 0.2) is 0 Å². The van der Waals surface area contributed by atoms with Crippen LogP contribution in [0.1, 0.15) is 16.3 Å². The van der Waals surface area contributed by atoms with Gasteiger partial charge < -0.3 is 10.1 Å². The fraction of sp³-hybridized carbons (Fsp3) is 0.143. The van der Waals surface area contributed by atoms with Gasteiger partial charge in [-0.1, -0.05) is 12.2 Å². The first-order valence-corrected chi connectivity index (χ1v) is 4.50. The Morgan fingerprint density at radius 1 is 1.35 bits per heavy atom. The SMILES string of the molecule is O=C(O)c1n[nH]c2c(=S)nc(C(F)(F)F)[nH]c12. The average Bonchev–Trinajstić information content (AvgIpc) is 2.60. The van der Waals surface area contributed by atoms with Crippen molar-refractivity contribution in [3.63, 3.8) is 0 Å². The number of nitrogens with one attached hydrogen (secondary N) is 2. The Kier molecular flexibility index (Phi) is 2.38. The van der Waals surface area contributed by atoms with Gasteiger partial charge in [0, 0.05) is 0 Å². The Hall–Kier alpha value is -1.97. The molecule has 0 saturated heterocycles. The molecule has 0 aromatic carbocycles. The number of nitrogens with zero attached hydrogens (tertiary/aromatic N) is 2. The molecule has 2 rings (SSSR count). The van der Waals surface area contributed by atoms with Crippen LogP contribution in [0, 0.1) is 4.64 Å². The van der Waals surface area contributed by atoms with Crippen molar-refractivity contribution in [3.8, 4) is 0 Å². The lowest BCUT2D eigenvalue weighted by Gasteiger charge is -2.05. The molecule has 0 amide bonds. The third-order valence-corrected chi connectivity index (χ3v) is 2.20. The van der Waals surface area contributed by atoms with Crippen LogP contribution in [-0.2, 0) is 6.18 Å². The van der Waals surface area contributed by atoms with Crippen molar-refractivity contribution >= 4 is 29.2 Å². The fourth-order valence-corrected chi connectivity index (χ4v) is 1.45. The number of halogens is 3. The summed E-state index contributed by atoms with van der Waals surface area (Å²) in [6, 6.07) is 0. The van der Waals surface area contributed by atoms with Crippen molar-refractivity contribution in [2.45, 2.75) is 6.18 Å². The molecule has 2 aromatic rings. The Balaban J connectivity index is 2.83. The predicted molar refractivity (Wildman–Crippen MR) is 51.0 cm³/mol. The number of hydrogen-bond donors (Lipinski definition) is 3. The molecule has 0 radical (unpaired) electrons. The number of aromatic nitrogens is 4. The summed E-state index contributed by atoms with van der Waals surface area (Å²) in [5, 5.41) is 14.3. The van der Waals surface area contributed by atoms with E-state index >= 15 is 0 Å². The zero-order valence-electron chi connectivity index (χ0n) is 7.79. The second kappa shape index (κ2) is 3.52. The summed E-state index contributed by atoms with van der Waals surface area (Å²) in [7, 11) is 0. The highest BCUT2D eigenvalue weighted by atomic mass is 32.1. The summed E-state index contributed by atoms with van der Waals surface area (Å²) in [6.45, 7) is 0. The first-order valence-electron chi connectivity index (χ1n) is 4.09. The van der Waals surface area contributed by atoms with Gasteiger partial charge in [0.15, 0.2) is 10.3 Å². The van der Waals surface area contributed by atoms with Crippen molar-refractivity contribution in [3.05, 3.63) is 16.2 Å². The van der Waals surface area contributed by atoms with Gasteiger partial charge in [-0.3, -0.25) is 5.10 Å². The molecule has 0 aliphatic carbocycles. The summed E-state index contributed by atoms with van der Waals surface area (Å²) in [5.41, 5.74) is -0.950. The quantitative estimate of drug-likeness (QED) is 0.682. The molecule has 2 heterocycles. The number of hydrogen-bond acceptors (Lipinski definition) is 4. The van der Waals surface area contributed by atoms with Gasteiger partial charge in [-0.2, -0.15) is 18.3 Å². The van der Waals surface area contributed by atoms with Crippen molar-refractivity contribution in [2.24, 2.45) is 0 Å². The lowest BCUT2D eigenvalue weighted by molar-refractivity contribution is -0.144. The highest BCUT2D eigenvalue weighted by Crippen LogP contribution is 2.27. The maximum Gasteiger partial charge on any atom is 0.449 e. The number of fused-ring (bicyclic) bond motifs is 1. The standard InChI is InChI=1S/C7H3F3N4O2S/c8-7(9,10)6-11-1-2(4(17)12-6)13-14-3(1)5(15)16/h(H,13,14)(H,15,16)(H,11,12,17). The summed E-state index contributed by atoms with van der Waals surface area (Å²) in [5.74, 6) is -2.83. The van der Waals surface area contributed by atoms with E-state index in [9.17, 15) is 18.0 Å². The Labute approximate surface area is 95.5 Å². The number of carboxylic acid groups (broad SMARTS) is 1. The molecule has 0 atom stereocenters. The number of carboxylic acids is 1. The molecule has 3 N–H and O–H groups in total. The molecule has 0 fully saturated rings. The molecule has 0 saturated carbocycles. The molecule has 90 valence electrons. The van der Waals surface area contributed by atoms with Crippen molar-refractivity contribution < 1.29 is 23.1 Å². The lowest BCUT2D eigenvalue weighted by Crippen LogP contribution is -2.11. The molecule has 6 nitrogen and oxygen atoms in total. The number of aromatic carboxylic acids is 1. The number of rotatable bonds is 1. The lowest BCUT2D eigenvalue weighted by atomic mass is 10.3. The van der Waals surface area contributed by atoms with E-state index in [2.05, 4.69) is 27.4 Å². The molecule has 0 aliphatic rings. The third-order valence-electron chi connectivity index (χ3n) is 1.91. The minimum atomic E-state index is -4.74. The van der Waals surface area contributed by atoms with Gasteiger partial charge in [-0.25, -0.2) is 9.78 Å². The zero-order valence-corrected chi connectivity index (χ0v) is 8.61. The molecular weight excluding hydrogens is 261 g/mol. The predicted octanol–water partition coefficient (Wildman–Crippen LogP) is 1.73. The monoisotopic (exact) mass is 264 g/mol. The maximum atomic E-state index is 12.4. The van der Waals surface area contributed by atoms with E-state index in [1.54, 1.807) is 0 Å². The topological polar surface area (TPSA) is 94.7 Å². The summed E-state index contributed by atoms with van der Waals surface area (Å²) < 4.78 is 36.9. The van der Waals surface area contributed by atoms with Gasteiger partial charge in [0.05, 0.1) is 0 Å². The molecule has 10 heteroatoms. The van der Waals surface area contributed by atoms with E-state index in [1.165, 1.54) is 0 Å². The largest absolute Gasteiger partial charge is 0.476 e. The first-order chi connectivity index (χ1) is 7.80. The molecule has 0 unspecified atom stereocenters. The van der Waals surface area contributed by atoms with Crippen LogP contribution < -0.4 is 0 Å². The van der Waals surface area contributed by atoms with Gasteiger partial charge in [-0.05, 0) is 0 Å². The minimum absolute atomic E-state index is 0.0506. The van der Waals surface area contributed by atoms with Crippen LogP contribution in [0.25, 0.3) is 11.0 Å². The highest BCUT2D eigenvalue weighted by molar-refractivity contribution is 7.71. The van der Waals surface area contributed by atoms with E-state index in [0.717, 1.165) is 0 Å². The van der Waals surface area contributed by atoms with Crippen molar-refractivity contribution in [1.82, 2.24) is 20.2 Å². The molecule has 0 spiro atoms. The van der Waals surface area contributed by atoms with Crippen molar-refractivity contribution in [1.29, 1.82) is 0 Å². The summed E-state index contributed by atoms with van der Waals surface area (Å²) >= 11 is 4.61. The summed E-state index contributed by atoms with van der Waals surface area (Å²) in [6.07, 6.45) is -4.74. The van der Waals surface area contributed by atoms with Gasteiger partial charge in [0.2, 0.25) is 5.82 Å². The summed E-state index contributed by atoms with van der Waals surface area (Å²) in [4.78, 5) is 15.7. The number of alkyl halides is 3. The average molecular weight is 264 g/mol. The van der Waals surface area contributed by atoms with E-state index in [1.807, 2.05) is 4.98 Å². The van der Waals surface area contributed by atoms with Crippen LogP contribution in [-0.4, -0.2) is 31.2 Å². The molecule has 0 bridgehead atoms. The minimum Gasteiger partial charge on any atom is -0.476 e. The van der Waals surface area contributed by atoms with E-state index in [0.29, 0.717) is 0 Å². The smallest absolute Gasteiger partial charge is 0.449 e. The number of H-pyrrole nitrogens is 2. The Morgan fingerprint density at radius 2 is 2.00 bits per heavy atom. The zero-order chi connectivity index (χ0) is 12.8. The molecular formula is C7H3F3N4O2S. The fourth-order valence-electron chi connectivity index (χ4n) is 1.21. The third kappa shape index (κ3) is 1.86. The van der Waals surface area contributed by atoms with Crippen LogP contribution in [0.5, 0.6) is 0 Å². The van der Waals surface area contributed by atoms with Crippen LogP contribution in [0.4, 0.5) is 13.2 Å². The second-order valence-electron chi connectivity index (χ2n) is 3.02. The second-order valence-corrected chi connectivity index (χ2v) is 3.40. The van der Waals surface area contributed by atoms with Crippen molar-refractivity contribution in [2.75, 3.05) is 0 Å². The Morgan fingerprint density at radius 3 is 2.53 bits per heavy atom. The Bertz CT molecular complexity index is 659.